The predicted molar refractivity (Wildman–Crippen MR) is 98.2 cm³/mol. The molecule has 0 saturated heterocycles. The van der Waals surface area contributed by atoms with Crippen molar-refractivity contribution in [2.24, 2.45) is 0 Å². The number of fused-ring (bicyclic) bond motifs is 1. The Hall–Kier alpha value is -2.76. The van der Waals surface area contributed by atoms with Gasteiger partial charge in [-0.15, -0.1) is 0 Å². The highest BCUT2D eigenvalue weighted by Gasteiger charge is 2.25. The molecular weight excluding hydrogens is 331 g/mol. The molecule has 1 aliphatic rings. The highest BCUT2D eigenvalue weighted by Crippen LogP contribution is 2.28. The van der Waals surface area contributed by atoms with Crippen molar-refractivity contribution in [3.05, 3.63) is 48.0 Å². The number of halogens is 1. The second-order valence-electron chi connectivity index (χ2n) is 6.91. The van der Waals surface area contributed by atoms with E-state index in [9.17, 15) is 9.18 Å². The first-order valence-corrected chi connectivity index (χ1v) is 9.00. The second kappa shape index (κ2) is 6.86. The number of hydrogen-bond donors (Lipinski definition) is 1. The Balaban J connectivity index is 1.81. The highest BCUT2D eigenvalue weighted by molar-refractivity contribution is 6.07. The van der Waals surface area contributed by atoms with Gasteiger partial charge in [0, 0.05) is 30.2 Å². The Morgan fingerprint density at radius 2 is 2.04 bits per heavy atom. The first-order chi connectivity index (χ1) is 12.6. The standard InChI is InChI=1S/C20H21FN4O/c1-25(15-5-3-2-4-6-15)20(26)17-10-19(13-11-22-23-12-13)24-18-8-7-14(21)9-16(17)18/h7-12,15H,2-6H2,1H3,(H,22,23). The van der Waals surface area contributed by atoms with Crippen molar-refractivity contribution in [1.29, 1.82) is 0 Å². The molecule has 134 valence electrons. The first-order valence-electron chi connectivity index (χ1n) is 9.00. The van der Waals surface area contributed by atoms with Gasteiger partial charge >= 0.3 is 0 Å². The van der Waals surface area contributed by atoms with Crippen LogP contribution in [-0.2, 0) is 0 Å². The number of nitrogens with one attached hydrogen (secondary N) is 1. The van der Waals surface area contributed by atoms with E-state index in [4.69, 9.17) is 0 Å². The van der Waals surface area contributed by atoms with Gasteiger partial charge in [-0.2, -0.15) is 5.10 Å². The zero-order chi connectivity index (χ0) is 18.1. The Kier molecular flexibility index (Phi) is 4.41. The molecule has 6 heteroatoms. The summed E-state index contributed by atoms with van der Waals surface area (Å²) in [5, 5.41) is 7.26. The molecule has 26 heavy (non-hydrogen) atoms. The smallest absolute Gasteiger partial charge is 0.254 e. The van der Waals surface area contributed by atoms with Crippen molar-refractivity contribution in [1.82, 2.24) is 20.1 Å². The number of hydrogen-bond acceptors (Lipinski definition) is 3. The molecule has 3 aromatic rings. The van der Waals surface area contributed by atoms with Gasteiger partial charge in [0.2, 0.25) is 0 Å². The molecule has 0 unspecified atom stereocenters. The van der Waals surface area contributed by atoms with Crippen LogP contribution in [0.4, 0.5) is 4.39 Å². The molecule has 4 rings (SSSR count). The third-order valence-electron chi connectivity index (χ3n) is 5.24. The van der Waals surface area contributed by atoms with E-state index in [1.165, 1.54) is 18.6 Å². The molecule has 1 aromatic carbocycles. The summed E-state index contributed by atoms with van der Waals surface area (Å²) < 4.78 is 13.8. The SMILES string of the molecule is CN(C(=O)c1cc(-c2cn[nH]c2)nc2ccc(F)cc12)C1CCCCC1. The Bertz CT molecular complexity index is 932. The Morgan fingerprint density at radius 3 is 2.77 bits per heavy atom. The summed E-state index contributed by atoms with van der Waals surface area (Å²) in [6.07, 6.45) is 8.96. The van der Waals surface area contributed by atoms with Crippen molar-refractivity contribution in [2.45, 2.75) is 38.1 Å². The number of amides is 1. The van der Waals surface area contributed by atoms with E-state index in [1.807, 2.05) is 11.9 Å². The van der Waals surface area contributed by atoms with Gasteiger partial charge in [-0.05, 0) is 37.1 Å². The predicted octanol–water partition coefficient (Wildman–Crippen LogP) is 4.17. The Labute approximate surface area is 151 Å². The molecule has 0 radical (unpaired) electrons. The van der Waals surface area contributed by atoms with E-state index >= 15 is 0 Å². The zero-order valence-electron chi connectivity index (χ0n) is 14.7. The quantitative estimate of drug-likeness (QED) is 0.769. The maximum absolute atomic E-state index is 13.8. The molecule has 0 aliphatic heterocycles. The fraction of sp³-hybridized carbons (Fsp3) is 0.350. The van der Waals surface area contributed by atoms with E-state index in [0.717, 1.165) is 31.2 Å². The van der Waals surface area contributed by atoms with E-state index in [0.29, 0.717) is 22.2 Å². The van der Waals surface area contributed by atoms with Crippen LogP contribution in [0.15, 0.2) is 36.7 Å². The number of pyridine rings is 1. The lowest BCUT2D eigenvalue weighted by atomic mass is 9.93. The minimum atomic E-state index is -0.371. The maximum Gasteiger partial charge on any atom is 0.254 e. The number of benzene rings is 1. The van der Waals surface area contributed by atoms with Crippen LogP contribution in [0.5, 0.6) is 0 Å². The minimum Gasteiger partial charge on any atom is -0.339 e. The molecular formula is C20H21FN4O. The van der Waals surface area contributed by atoms with Crippen molar-refractivity contribution < 1.29 is 9.18 Å². The van der Waals surface area contributed by atoms with Crippen LogP contribution in [0, 0.1) is 5.82 Å². The summed E-state index contributed by atoms with van der Waals surface area (Å²) in [7, 11) is 1.85. The van der Waals surface area contributed by atoms with Crippen LogP contribution < -0.4 is 0 Å². The lowest BCUT2D eigenvalue weighted by Gasteiger charge is -2.31. The minimum absolute atomic E-state index is 0.0837. The van der Waals surface area contributed by atoms with Gasteiger partial charge in [0.1, 0.15) is 5.82 Å². The van der Waals surface area contributed by atoms with Crippen LogP contribution in [-0.4, -0.2) is 39.1 Å². The number of aromatic nitrogens is 3. The topological polar surface area (TPSA) is 61.9 Å². The third kappa shape index (κ3) is 3.07. The molecule has 0 spiro atoms. The average Bonchev–Trinajstić information content (AvgIpc) is 3.21. The molecule has 0 atom stereocenters. The number of nitrogens with zero attached hydrogens (tertiary/aromatic N) is 3. The number of carbonyl (C=O) groups is 1. The normalized spacial score (nSPS) is 15.3. The lowest BCUT2D eigenvalue weighted by molar-refractivity contribution is 0.0698. The number of aromatic amines is 1. The van der Waals surface area contributed by atoms with Crippen molar-refractivity contribution in [3.63, 3.8) is 0 Å². The highest BCUT2D eigenvalue weighted by atomic mass is 19.1. The van der Waals surface area contributed by atoms with Crippen molar-refractivity contribution >= 4 is 16.8 Å². The van der Waals surface area contributed by atoms with Gasteiger partial charge < -0.3 is 4.90 Å². The fourth-order valence-electron chi connectivity index (χ4n) is 3.74. The zero-order valence-corrected chi connectivity index (χ0v) is 14.7. The van der Waals surface area contributed by atoms with E-state index in [2.05, 4.69) is 15.2 Å². The van der Waals surface area contributed by atoms with Gasteiger partial charge in [0.25, 0.3) is 5.91 Å². The van der Waals surface area contributed by atoms with Gasteiger partial charge in [0.15, 0.2) is 0 Å². The lowest BCUT2D eigenvalue weighted by Crippen LogP contribution is -2.38. The molecule has 1 aliphatic carbocycles. The summed E-state index contributed by atoms with van der Waals surface area (Å²) in [4.78, 5) is 19.6. The van der Waals surface area contributed by atoms with Crippen LogP contribution in [0.1, 0.15) is 42.5 Å². The molecule has 1 N–H and O–H groups in total. The maximum atomic E-state index is 13.8. The summed E-state index contributed by atoms with van der Waals surface area (Å²) in [6, 6.07) is 6.36. The van der Waals surface area contributed by atoms with Crippen LogP contribution in [0.3, 0.4) is 0 Å². The Morgan fingerprint density at radius 1 is 1.23 bits per heavy atom. The number of H-pyrrole nitrogens is 1. The van der Waals surface area contributed by atoms with Crippen molar-refractivity contribution in [2.75, 3.05) is 7.05 Å². The van der Waals surface area contributed by atoms with Gasteiger partial charge in [0.05, 0.1) is 23.0 Å². The monoisotopic (exact) mass is 352 g/mol. The van der Waals surface area contributed by atoms with Gasteiger partial charge in [-0.1, -0.05) is 19.3 Å². The van der Waals surface area contributed by atoms with E-state index in [-0.39, 0.29) is 17.8 Å². The van der Waals surface area contributed by atoms with Crippen LogP contribution in [0.25, 0.3) is 22.2 Å². The molecule has 2 aromatic heterocycles. The summed E-state index contributed by atoms with van der Waals surface area (Å²) in [5.41, 5.74) is 2.54. The molecule has 0 bridgehead atoms. The molecule has 1 amide bonds. The fourth-order valence-corrected chi connectivity index (χ4v) is 3.74. The average molecular weight is 352 g/mol. The molecule has 1 fully saturated rings. The molecule has 1 saturated carbocycles. The van der Waals surface area contributed by atoms with E-state index in [1.54, 1.807) is 24.5 Å². The second-order valence-corrected chi connectivity index (χ2v) is 6.91. The van der Waals surface area contributed by atoms with Crippen molar-refractivity contribution in [3.8, 4) is 11.3 Å². The first kappa shape index (κ1) is 16.7. The molecule has 5 nitrogen and oxygen atoms in total. The number of rotatable bonds is 3. The van der Waals surface area contributed by atoms with Gasteiger partial charge in [-0.3, -0.25) is 9.89 Å². The van der Waals surface area contributed by atoms with Crippen LogP contribution >= 0.6 is 0 Å². The third-order valence-corrected chi connectivity index (χ3v) is 5.24. The van der Waals surface area contributed by atoms with E-state index < -0.39 is 0 Å². The number of carbonyl (C=O) groups excluding carboxylic acids is 1. The summed E-state index contributed by atoms with van der Waals surface area (Å²) in [5.74, 6) is -0.454. The summed E-state index contributed by atoms with van der Waals surface area (Å²) in [6.45, 7) is 0. The summed E-state index contributed by atoms with van der Waals surface area (Å²) >= 11 is 0. The molecule has 2 heterocycles. The van der Waals surface area contributed by atoms with Gasteiger partial charge in [-0.25, -0.2) is 9.37 Å². The van der Waals surface area contributed by atoms with Crippen LogP contribution in [0.2, 0.25) is 0 Å². The largest absolute Gasteiger partial charge is 0.339 e.